The molecule has 0 bridgehead atoms. The molecule has 0 aliphatic heterocycles. The summed E-state index contributed by atoms with van der Waals surface area (Å²) in [5.41, 5.74) is 2.06. The van der Waals surface area contributed by atoms with Crippen molar-refractivity contribution in [1.82, 2.24) is 0 Å². The van der Waals surface area contributed by atoms with Crippen LogP contribution < -0.4 is 0 Å². The van der Waals surface area contributed by atoms with E-state index in [-0.39, 0.29) is 12.1 Å². The first-order valence-electron chi connectivity index (χ1n) is 10.7. The lowest BCUT2D eigenvalue weighted by Crippen LogP contribution is -2.24. The van der Waals surface area contributed by atoms with Crippen molar-refractivity contribution in [1.29, 1.82) is 0 Å². The zero-order chi connectivity index (χ0) is 19.1. The minimum Gasteiger partial charge on any atom is -0.459 e. The molecule has 2 aliphatic rings. The molecule has 2 saturated carbocycles. The van der Waals surface area contributed by atoms with Gasteiger partial charge in [-0.3, -0.25) is 0 Å². The summed E-state index contributed by atoms with van der Waals surface area (Å²) in [5, 5.41) is 0. The van der Waals surface area contributed by atoms with Crippen molar-refractivity contribution in [2.45, 2.75) is 76.2 Å². The maximum Gasteiger partial charge on any atom is 0.338 e. The Labute approximate surface area is 164 Å². The summed E-state index contributed by atoms with van der Waals surface area (Å²) in [6.45, 7) is 7.69. The van der Waals surface area contributed by atoms with Gasteiger partial charge in [-0.2, -0.15) is 0 Å². The van der Waals surface area contributed by atoms with Crippen molar-refractivity contribution in [2.75, 3.05) is 0 Å². The zero-order valence-corrected chi connectivity index (χ0v) is 16.6. The summed E-state index contributed by atoms with van der Waals surface area (Å²) >= 11 is 0. The highest BCUT2D eigenvalue weighted by molar-refractivity contribution is 5.89. The van der Waals surface area contributed by atoms with Gasteiger partial charge in [0.2, 0.25) is 0 Å². The molecule has 0 atom stereocenters. The molecule has 2 nitrogen and oxygen atoms in total. The molecule has 0 unspecified atom stereocenters. The summed E-state index contributed by atoms with van der Waals surface area (Å²) < 4.78 is 5.76. The van der Waals surface area contributed by atoms with E-state index in [2.05, 4.69) is 31.4 Å². The largest absolute Gasteiger partial charge is 0.459 e. The first kappa shape index (κ1) is 19.9. The van der Waals surface area contributed by atoms with Crippen molar-refractivity contribution in [3.8, 4) is 0 Å². The number of ether oxygens (including phenoxy) is 1. The molecular weight excluding hydrogens is 332 g/mol. The van der Waals surface area contributed by atoms with E-state index in [1.807, 2.05) is 18.2 Å². The van der Waals surface area contributed by atoms with Gasteiger partial charge in [-0.15, -0.1) is 13.2 Å². The highest BCUT2D eigenvalue weighted by Crippen LogP contribution is 2.37. The van der Waals surface area contributed by atoms with Gasteiger partial charge in [0, 0.05) is 0 Å². The van der Waals surface area contributed by atoms with Crippen LogP contribution in [-0.2, 0) is 4.74 Å². The molecule has 27 heavy (non-hydrogen) atoms. The smallest absolute Gasteiger partial charge is 0.338 e. The van der Waals surface area contributed by atoms with Gasteiger partial charge in [-0.05, 0) is 99.7 Å². The first-order chi connectivity index (χ1) is 13.2. The van der Waals surface area contributed by atoms with Crippen LogP contribution in [0.15, 0.2) is 49.6 Å². The zero-order valence-electron chi connectivity index (χ0n) is 16.6. The lowest BCUT2D eigenvalue weighted by Gasteiger charge is -2.28. The van der Waals surface area contributed by atoms with Crippen LogP contribution in [0.4, 0.5) is 0 Å². The highest BCUT2D eigenvalue weighted by Gasteiger charge is 2.24. The van der Waals surface area contributed by atoms with Gasteiger partial charge in [0.1, 0.15) is 6.10 Å². The van der Waals surface area contributed by atoms with Crippen LogP contribution in [0.2, 0.25) is 0 Å². The molecule has 1 aromatic carbocycles. The van der Waals surface area contributed by atoms with Crippen molar-refractivity contribution in [3.63, 3.8) is 0 Å². The van der Waals surface area contributed by atoms with Crippen molar-refractivity contribution < 1.29 is 9.53 Å². The minimum atomic E-state index is -0.164. The molecule has 0 amide bonds. The number of esters is 1. The Morgan fingerprint density at radius 3 is 1.89 bits per heavy atom. The highest BCUT2D eigenvalue weighted by atomic mass is 16.5. The standard InChI is InChI=1S/C25H34O2/c1-3-5-19-7-11-21(12-8-19)22-13-15-23(16-14-22)25(26)27-24-17-9-20(6-4-2)10-18-24/h3-4,13-16,19-21,24H,1-2,5-12,17-18H2. The van der Waals surface area contributed by atoms with Crippen LogP contribution in [0.5, 0.6) is 0 Å². The third-order valence-electron chi connectivity index (χ3n) is 6.53. The van der Waals surface area contributed by atoms with E-state index in [1.54, 1.807) is 0 Å². The second-order valence-electron chi connectivity index (χ2n) is 8.44. The normalized spacial score (nSPS) is 28.3. The topological polar surface area (TPSA) is 26.3 Å². The SMILES string of the molecule is C=CCC1CCC(OC(=O)c2ccc(C3CCC(CC=C)CC3)cc2)CC1. The van der Waals surface area contributed by atoms with Crippen molar-refractivity contribution in [3.05, 3.63) is 60.7 Å². The fourth-order valence-corrected chi connectivity index (χ4v) is 4.80. The van der Waals surface area contributed by atoms with Gasteiger partial charge in [0.15, 0.2) is 0 Å². The van der Waals surface area contributed by atoms with Crippen LogP contribution in [0, 0.1) is 11.8 Å². The predicted molar refractivity (Wildman–Crippen MR) is 112 cm³/mol. The van der Waals surface area contributed by atoms with Gasteiger partial charge in [-0.1, -0.05) is 24.3 Å². The average molecular weight is 367 g/mol. The second kappa shape index (κ2) is 9.92. The molecule has 2 fully saturated rings. The lowest BCUT2D eigenvalue weighted by molar-refractivity contribution is 0.0167. The third kappa shape index (κ3) is 5.57. The molecule has 0 saturated heterocycles. The molecule has 0 N–H and O–H groups in total. The lowest BCUT2D eigenvalue weighted by atomic mass is 9.77. The average Bonchev–Trinajstić information content (AvgIpc) is 2.71. The molecule has 0 heterocycles. The predicted octanol–water partition coefficient (Wildman–Crippen LogP) is 6.83. The summed E-state index contributed by atoms with van der Waals surface area (Å²) in [6, 6.07) is 8.18. The molecule has 1 aromatic rings. The molecule has 0 radical (unpaired) electrons. The Morgan fingerprint density at radius 2 is 1.37 bits per heavy atom. The summed E-state index contributed by atoms with van der Waals surface area (Å²) in [5.74, 6) is 2.01. The number of carbonyl (C=O) groups excluding carboxylic acids is 1. The van der Waals surface area contributed by atoms with Crippen LogP contribution in [0.3, 0.4) is 0 Å². The molecule has 0 spiro atoms. The van der Waals surface area contributed by atoms with Crippen LogP contribution in [-0.4, -0.2) is 12.1 Å². The Bertz CT molecular complexity index is 614. The molecule has 146 valence electrons. The van der Waals surface area contributed by atoms with Crippen LogP contribution >= 0.6 is 0 Å². The van der Waals surface area contributed by atoms with E-state index >= 15 is 0 Å². The summed E-state index contributed by atoms with van der Waals surface area (Å²) in [6.07, 6.45) is 15.7. The summed E-state index contributed by atoms with van der Waals surface area (Å²) in [7, 11) is 0. The van der Waals surface area contributed by atoms with E-state index in [9.17, 15) is 4.79 Å². The number of benzene rings is 1. The monoisotopic (exact) mass is 366 g/mol. The van der Waals surface area contributed by atoms with Crippen molar-refractivity contribution in [2.24, 2.45) is 11.8 Å². The van der Waals surface area contributed by atoms with E-state index in [0.29, 0.717) is 11.5 Å². The molecule has 2 aliphatic carbocycles. The number of hydrogen-bond acceptors (Lipinski definition) is 2. The van der Waals surface area contributed by atoms with Crippen molar-refractivity contribution >= 4 is 5.97 Å². The van der Waals surface area contributed by atoms with E-state index in [4.69, 9.17) is 4.74 Å². The van der Waals surface area contributed by atoms with Gasteiger partial charge in [0.25, 0.3) is 0 Å². The van der Waals surface area contributed by atoms with Gasteiger partial charge >= 0.3 is 5.97 Å². The molecule has 2 heteroatoms. The Kier molecular flexibility index (Phi) is 7.32. The number of hydrogen-bond donors (Lipinski definition) is 0. The number of carbonyl (C=O) groups is 1. The molecule has 0 aromatic heterocycles. The van der Waals surface area contributed by atoms with E-state index < -0.39 is 0 Å². The molecule has 3 rings (SSSR count). The fraction of sp³-hybridized carbons (Fsp3) is 0.560. The Hall–Kier alpha value is -1.83. The quantitative estimate of drug-likeness (QED) is 0.390. The summed E-state index contributed by atoms with van der Waals surface area (Å²) in [4.78, 5) is 12.5. The molecular formula is C25H34O2. The second-order valence-corrected chi connectivity index (χ2v) is 8.44. The van der Waals surface area contributed by atoms with Crippen LogP contribution in [0.1, 0.15) is 86.0 Å². The minimum absolute atomic E-state index is 0.0818. The van der Waals surface area contributed by atoms with Crippen LogP contribution in [0.25, 0.3) is 0 Å². The maximum atomic E-state index is 12.5. The van der Waals surface area contributed by atoms with Gasteiger partial charge in [0.05, 0.1) is 5.56 Å². The number of rotatable bonds is 7. The maximum absolute atomic E-state index is 12.5. The third-order valence-corrected chi connectivity index (χ3v) is 6.53. The van der Waals surface area contributed by atoms with Gasteiger partial charge < -0.3 is 4.74 Å². The Morgan fingerprint density at radius 1 is 0.852 bits per heavy atom. The fourth-order valence-electron chi connectivity index (χ4n) is 4.80. The van der Waals surface area contributed by atoms with Gasteiger partial charge in [-0.25, -0.2) is 4.79 Å². The van der Waals surface area contributed by atoms with E-state index in [1.165, 1.54) is 31.2 Å². The Balaban J connectivity index is 1.48. The number of allylic oxidation sites excluding steroid dienone is 2. The van der Waals surface area contributed by atoms with E-state index in [0.717, 1.165) is 50.4 Å². The first-order valence-corrected chi connectivity index (χ1v) is 10.7.